The highest BCUT2D eigenvalue weighted by atomic mass is 127. The van der Waals surface area contributed by atoms with Gasteiger partial charge in [0.25, 0.3) is 0 Å². The first kappa shape index (κ1) is 25.4. The molecule has 0 bridgehead atoms. The van der Waals surface area contributed by atoms with Crippen LogP contribution in [0, 0.1) is 0 Å². The zero-order valence-electron chi connectivity index (χ0n) is 18.4. The predicted molar refractivity (Wildman–Crippen MR) is 135 cm³/mol. The van der Waals surface area contributed by atoms with Crippen molar-refractivity contribution in [3.05, 3.63) is 66.4 Å². The molecule has 1 aromatic carbocycles. The molecule has 3 rings (SSSR count). The Hall–Kier alpha value is -2.89. The number of halogens is 1. The third kappa shape index (κ3) is 8.33. The Morgan fingerprint density at radius 1 is 1.06 bits per heavy atom. The summed E-state index contributed by atoms with van der Waals surface area (Å²) in [5, 5.41) is 14.6. The summed E-state index contributed by atoms with van der Waals surface area (Å²) in [4.78, 5) is 8.60. The summed E-state index contributed by atoms with van der Waals surface area (Å²) in [6.07, 6.45) is 4.40. The lowest BCUT2D eigenvalue weighted by atomic mass is 10.3. The van der Waals surface area contributed by atoms with Crippen LogP contribution in [0.25, 0.3) is 0 Å². The average Bonchev–Trinajstić information content (AvgIpc) is 3.28. The molecule has 2 aromatic heterocycles. The van der Waals surface area contributed by atoms with E-state index in [-0.39, 0.29) is 24.0 Å². The molecular weight excluding hydrogens is 521 g/mol. The number of hydrogen-bond acceptors (Lipinski definition) is 6. The van der Waals surface area contributed by atoms with Crippen LogP contribution in [-0.4, -0.2) is 52.5 Å². The Balaban J connectivity index is 0.00000363. The number of aliphatic imine (C=N–C) groups is 1. The fraction of sp³-hybridized carbons (Fsp3) is 0.364. The number of ether oxygens (including phenoxy) is 2. The second-order valence-corrected chi connectivity index (χ2v) is 6.66. The maximum atomic E-state index is 5.63. The SMILES string of the molecule is CCc1nncn1CCNC(=NC)NCc1ccc(OCCOc2ccccc2)nc1.I. The number of aromatic nitrogens is 4. The Kier molecular flexibility index (Phi) is 11.3. The molecule has 0 aliphatic carbocycles. The van der Waals surface area contributed by atoms with Crippen LogP contribution >= 0.6 is 24.0 Å². The van der Waals surface area contributed by atoms with Crippen molar-refractivity contribution >= 4 is 29.9 Å². The predicted octanol–water partition coefficient (Wildman–Crippen LogP) is 2.68. The van der Waals surface area contributed by atoms with Crippen LogP contribution in [-0.2, 0) is 19.5 Å². The van der Waals surface area contributed by atoms with Gasteiger partial charge in [-0.1, -0.05) is 31.2 Å². The maximum absolute atomic E-state index is 5.63. The van der Waals surface area contributed by atoms with Gasteiger partial charge in [0.2, 0.25) is 5.88 Å². The summed E-state index contributed by atoms with van der Waals surface area (Å²) < 4.78 is 13.3. The summed E-state index contributed by atoms with van der Waals surface area (Å²) >= 11 is 0. The molecule has 0 saturated carbocycles. The molecule has 0 radical (unpaired) electrons. The first-order valence-electron chi connectivity index (χ1n) is 10.3. The molecule has 9 nitrogen and oxygen atoms in total. The summed E-state index contributed by atoms with van der Waals surface area (Å²) in [7, 11) is 1.75. The molecule has 172 valence electrons. The van der Waals surface area contributed by atoms with Crippen LogP contribution in [0.5, 0.6) is 11.6 Å². The van der Waals surface area contributed by atoms with Gasteiger partial charge in [-0.3, -0.25) is 4.99 Å². The quantitative estimate of drug-likeness (QED) is 0.164. The summed E-state index contributed by atoms with van der Waals surface area (Å²) in [6, 6.07) is 13.5. The average molecular weight is 551 g/mol. The van der Waals surface area contributed by atoms with Gasteiger partial charge in [-0.2, -0.15) is 0 Å². The lowest BCUT2D eigenvalue weighted by Crippen LogP contribution is -2.38. The van der Waals surface area contributed by atoms with Crippen molar-refractivity contribution in [3.63, 3.8) is 0 Å². The van der Waals surface area contributed by atoms with E-state index in [1.165, 1.54) is 0 Å². The Bertz CT molecular complexity index is 933. The van der Waals surface area contributed by atoms with Gasteiger partial charge >= 0.3 is 0 Å². The largest absolute Gasteiger partial charge is 0.490 e. The molecule has 3 aromatic rings. The second kappa shape index (κ2) is 14.2. The number of pyridine rings is 1. The van der Waals surface area contributed by atoms with Gasteiger partial charge in [0.1, 0.15) is 31.1 Å². The number of para-hydroxylation sites is 1. The molecule has 0 amide bonds. The van der Waals surface area contributed by atoms with Crippen molar-refractivity contribution in [1.82, 2.24) is 30.4 Å². The van der Waals surface area contributed by atoms with E-state index < -0.39 is 0 Å². The van der Waals surface area contributed by atoms with Crippen LogP contribution in [0.3, 0.4) is 0 Å². The minimum Gasteiger partial charge on any atom is -0.490 e. The lowest BCUT2D eigenvalue weighted by Gasteiger charge is -2.13. The fourth-order valence-corrected chi connectivity index (χ4v) is 2.86. The normalized spacial score (nSPS) is 10.9. The summed E-state index contributed by atoms with van der Waals surface area (Å²) in [5.41, 5.74) is 1.03. The maximum Gasteiger partial charge on any atom is 0.213 e. The summed E-state index contributed by atoms with van der Waals surface area (Å²) in [5.74, 6) is 3.10. The number of rotatable bonds is 11. The van der Waals surface area contributed by atoms with Crippen molar-refractivity contribution in [1.29, 1.82) is 0 Å². The molecule has 0 aliphatic rings. The minimum absolute atomic E-state index is 0. The van der Waals surface area contributed by atoms with Gasteiger partial charge < -0.3 is 24.7 Å². The number of benzene rings is 1. The number of hydrogen-bond donors (Lipinski definition) is 2. The van der Waals surface area contributed by atoms with Crippen molar-refractivity contribution in [3.8, 4) is 11.6 Å². The molecule has 2 heterocycles. The van der Waals surface area contributed by atoms with E-state index in [1.54, 1.807) is 19.6 Å². The molecule has 10 heteroatoms. The minimum atomic E-state index is 0. The molecule has 0 aliphatic heterocycles. The van der Waals surface area contributed by atoms with E-state index in [0.29, 0.717) is 25.6 Å². The van der Waals surface area contributed by atoms with E-state index in [0.717, 1.165) is 42.6 Å². The van der Waals surface area contributed by atoms with Crippen LogP contribution in [0.2, 0.25) is 0 Å². The highest BCUT2D eigenvalue weighted by molar-refractivity contribution is 14.0. The third-order valence-electron chi connectivity index (χ3n) is 4.48. The first-order chi connectivity index (χ1) is 15.3. The summed E-state index contributed by atoms with van der Waals surface area (Å²) in [6.45, 7) is 5.07. The van der Waals surface area contributed by atoms with Gasteiger partial charge in [0.15, 0.2) is 5.96 Å². The van der Waals surface area contributed by atoms with E-state index in [9.17, 15) is 0 Å². The number of nitrogens with one attached hydrogen (secondary N) is 2. The molecule has 32 heavy (non-hydrogen) atoms. The smallest absolute Gasteiger partial charge is 0.213 e. The number of aryl methyl sites for hydroxylation is 1. The van der Waals surface area contributed by atoms with Crippen molar-refractivity contribution < 1.29 is 9.47 Å². The van der Waals surface area contributed by atoms with E-state index in [2.05, 4.69) is 37.7 Å². The monoisotopic (exact) mass is 551 g/mol. The van der Waals surface area contributed by atoms with Crippen LogP contribution in [0.15, 0.2) is 60.0 Å². The van der Waals surface area contributed by atoms with Gasteiger partial charge in [-0.05, 0) is 17.7 Å². The Morgan fingerprint density at radius 2 is 1.88 bits per heavy atom. The zero-order valence-corrected chi connectivity index (χ0v) is 20.7. The van der Waals surface area contributed by atoms with Crippen molar-refractivity contribution in [2.75, 3.05) is 26.8 Å². The third-order valence-corrected chi connectivity index (χ3v) is 4.48. The Morgan fingerprint density at radius 3 is 2.59 bits per heavy atom. The molecule has 0 saturated heterocycles. The van der Waals surface area contributed by atoms with Crippen LogP contribution in [0.4, 0.5) is 0 Å². The van der Waals surface area contributed by atoms with Crippen molar-refractivity contribution in [2.45, 2.75) is 26.4 Å². The Labute approximate surface area is 205 Å². The number of guanidine groups is 1. The zero-order chi connectivity index (χ0) is 21.7. The molecule has 2 N–H and O–H groups in total. The van der Waals surface area contributed by atoms with E-state index in [4.69, 9.17) is 9.47 Å². The number of nitrogens with zero attached hydrogens (tertiary/aromatic N) is 5. The standard InChI is InChI=1S/C22H29N7O2.HI/c1-3-20-28-27-17-29(20)12-11-24-22(23-2)26-16-18-9-10-21(25-15-18)31-14-13-30-19-7-5-4-6-8-19;/h4-10,15,17H,3,11-14,16H2,1-2H3,(H2,23,24,26);1H. The molecule has 0 atom stereocenters. The highest BCUT2D eigenvalue weighted by Gasteiger charge is 2.03. The first-order valence-corrected chi connectivity index (χ1v) is 10.3. The highest BCUT2D eigenvalue weighted by Crippen LogP contribution is 2.10. The van der Waals surface area contributed by atoms with Crippen molar-refractivity contribution in [2.24, 2.45) is 4.99 Å². The van der Waals surface area contributed by atoms with Crippen LogP contribution < -0.4 is 20.1 Å². The fourth-order valence-electron chi connectivity index (χ4n) is 2.86. The molecular formula is C22H30IN7O2. The molecule has 0 spiro atoms. The molecule has 0 unspecified atom stereocenters. The van der Waals surface area contributed by atoms with Gasteiger partial charge in [0, 0.05) is 45.4 Å². The lowest BCUT2D eigenvalue weighted by molar-refractivity contribution is 0.212. The second-order valence-electron chi connectivity index (χ2n) is 6.66. The van der Waals surface area contributed by atoms with Gasteiger partial charge in [0.05, 0.1) is 0 Å². The van der Waals surface area contributed by atoms with Crippen LogP contribution in [0.1, 0.15) is 18.3 Å². The topological polar surface area (TPSA) is 98.5 Å². The van der Waals surface area contributed by atoms with Gasteiger partial charge in [-0.25, -0.2) is 4.98 Å². The molecule has 0 fully saturated rings. The van der Waals surface area contributed by atoms with E-state index >= 15 is 0 Å². The van der Waals surface area contributed by atoms with E-state index in [1.807, 2.05) is 47.0 Å². The van der Waals surface area contributed by atoms with Gasteiger partial charge in [-0.15, -0.1) is 34.2 Å².